The molecule has 2 saturated carbocycles. The largest absolute Gasteiger partial charge is 0.325 e. The van der Waals surface area contributed by atoms with Crippen LogP contribution < -0.4 is 5.73 Å². The summed E-state index contributed by atoms with van der Waals surface area (Å²) in [5.74, 6) is -2.25. The first kappa shape index (κ1) is 13.3. The van der Waals surface area contributed by atoms with Crippen molar-refractivity contribution in [1.82, 2.24) is 0 Å². The number of rotatable bonds is 2. The Morgan fingerprint density at radius 1 is 0.941 bits per heavy atom. The Balaban J connectivity index is 1.87. The smallest absolute Gasteiger partial charge is 0.248 e. The van der Waals surface area contributed by atoms with Crippen LogP contribution in [0.25, 0.3) is 0 Å². The fourth-order valence-electron chi connectivity index (χ4n) is 3.60. The average Bonchev–Trinajstić information content (AvgIpc) is 2.53. The molecule has 0 aromatic heterocycles. The lowest BCUT2D eigenvalue weighted by Gasteiger charge is -2.34. The van der Waals surface area contributed by atoms with Gasteiger partial charge in [-0.05, 0) is 31.6 Å². The molecule has 0 aromatic rings. The van der Waals surface area contributed by atoms with Crippen LogP contribution in [0, 0.1) is 5.92 Å². The summed E-state index contributed by atoms with van der Waals surface area (Å²) in [4.78, 5) is 0. The third kappa shape index (κ3) is 3.90. The van der Waals surface area contributed by atoms with E-state index < -0.39 is 5.92 Å². The van der Waals surface area contributed by atoms with Gasteiger partial charge in [-0.3, -0.25) is 0 Å². The Kier molecular flexibility index (Phi) is 4.06. The SMILES string of the molecule is NC1(CC2CCC(F)(F)C2)CCCCCCC1. The summed E-state index contributed by atoms with van der Waals surface area (Å²) in [7, 11) is 0. The van der Waals surface area contributed by atoms with E-state index in [0.717, 1.165) is 19.3 Å². The molecule has 2 rings (SSSR count). The normalized spacial score (nSPS) is 33.0. The van der Waals surface area contributed by atoms with Gasteiger partial charge in [0.05, 0.1) is 0 Å². The van der Waals surface area contributed by atoms with Crippen LogP contribution >= 0.6 is 0 Å². The van der Waals surface area contributed by atoms with Crippen molar-refractivity contribution in [3.63, 3.8) is 0 Å². The van der Waals surface area contributed by atoms with E-state index >= 15 is 0 Å². The van der Waals surface area contributed by atoms with Crippen LogP contribution in [0.4, 0.5) is 8.78 Å². The lowest BCUT2D eigenvalue weighted by atomic mass is 9.78. The molecule has 0 radical (unpaired) electrons. The molecule has 0 amide bonds. The van der Waals surface area contributed by atoms with Crippen molar-refractivity contribution in [3.05, 3.63) is 0 Å². The molecular formula is C14H25F2N. The van der Waals surface area contributed by atoms with Crippen molar-refractivity contribution >= 4 is 0 Å². The van der Waals surface area contributed by atoms with E-state index in [1.807, 2.05) is 0 Å². The Morgan fingerprint density at radius 2 is 1.53 bits per heavy atom. The van der Waals surface area contributed by atoms with Gasteiger partial charge in [0.1, 0.15) is 0 Å². The molecule has 0 heterocycles. The lowest BCUT2D eigenvalue weighted by Crippen LogP contribution is -2.42. The fourth-order valence-corrected chi connectivity index (χ4v) is 3.60. The molecule has 1 atom stereocenters. The van der Waals surface area contributed by atoms with Gasteiger partial charge in [-0.15, -0.1) is 0 Å². The third-order valence-electron chi connectivity index (χ3n) is 4.55. The maximum Gasteiger partial charge on any atom is 0.248 e. The van der Waals surface area contributed by atoms with E-state index in [0.29, 0.717) is 6.42 Å². The van der Waals surface area contributed by atoms with Gasteiger partial charge in [-0.1, -0.05) is 32.1 Å². The van der Waals surface area contributed by atoms with Crippen LogP contribution in [0.3, 0.4) is 0 Å². The van der Waals surface area contributed by atoms with Crippen molar-refractivity contribution in [2.45, 2.75) is 82.1 Å². The minimum Gasteiger partial charge on any atom is -0.325 e. The minimum atomic E-state index is -2.41. The second-order valence-electron chi connectivity index (χ2n) is 6.30. The van der Waals surface area contributed by atoms with Gasteiger partial charge >= 0.3 is 0 Å². The van der Waals surface area contributed by atoms with Gasteiger partial charge in [-0.25, -0.2) is 8.78 Å². The van der Waals surface area contributed by atoms with Crippen LogP contribution in [0.5, 0.6) is 0 Å². The van der Waals surface area contributed by atoms with Gasteiger partial charge in [0.15, 0.2) is 0 Å². The van der Waals surface area contributed by atoms with E-state index in [1.54, 1.807) is 0 Å². The first-order valence-corrected chi connectivity index (χ1v) is 7.16. The highest BCUT2D eigenvalue weighted by molar-refractivity contribution is 4.92. The summed E-state index contributed by atoms with van der Waals surface area (Å²) in [6, 6.07) is 0. The van der Waals surface area contributed by atoms with Crippen molar-refractivity contribution < 1.29 is 8.78 Å². The Morgan fingerprint density at radius 3 is 2.06 bits per heavy atom. The lowest BCUT2D eigenvalue weighted by molar-refractivity contribution is 0.00355. The minimum absolute atomic E-state index is 0.0753. The average molecular weight is 245 g/mol. The molecule has 2 N–H and O–H groups in total. The Hall–Kier alpha value is -0.180. The van der Waals surface area contributed by atoms with Gasteiger partial charge in [0, 0.05) is 18.4 Å². The van der Waals surface area contributed by atoms with Crippen LogP contribution in [-0.4, -0.2) is 11.5 Å². The summed E-state index contributed by atoms with van der Waals surface area (Å²) in [5, 5.41) is 0. The summed E-state index contributed by atoms with van der Waals surface area (Å²) >= 11 is 0. The molecule has 2 aliphatic rings. The van der Waals surface area contributed by atoms with Crippen molar-refractivity contribution in [2.75, 3.05) is 0 Å². The maximum atomic E-state index is 13.2. The zero-order valence-electron chi connectivity index (χ0n) is 10.7. The maximum absolute atomic E-state index is 13.2. The fraction of sp³-hybridized carbons (Fsp3) is 1.00. The number of hydrogen-bond acceptors (Lipinski definition) is 1. The predicted octanol–water partition coefficient (Wildman–Crippen LogP) is 4.25. The summed E-state index contributed by atoms with van der Waals surface area (Å²) in [6.45, 7) is 0. The molecule has 0 saturated heterocycles. The van der Waals surface area contributed by atoms with Crippen molar-refractivity contribution in [1.29, 1.82) is 0 Å². The van der Waals surface area contributed by atoms with E-state index in [2.05, 4.69) is 0 Å². The third-order valence-corrected chi connectivity index (χ3v) is 4.55. The monoisotopic (exact) mass is 245 g/mol. The molecule has 1 unspecified atom stereocenters. The van der Waals surface area contributed by atoms with Gasteiger partial charge < -0.3 is 5.73 Å². The topological polar surface area (TPSA) is 26.0 Å². The standard InChI is InChI=1S/C14H25F2N/c15-14(16)9-6-12(11-14)10-13(17)7-4-2-1-3-5-8-13/h12H,1-11,17H2. The second-order valence-corrected chi connectivity index (χ2v) is 6.30. The molecule has 0 aliphatic heterocycles. The van der Waals surface area contributed by atoms with E-state index in [-0.39, 0.29) is 24.3 Å². The highest BCUT2D eigenvalue weighted by Gasteiger charge is 2.42. The predicted molar refractivity (Wildman–Crippen MR) is 66.1 cm³/mol. The summed E-state index contributed by atoms with van der Waals surface area (Å²) < 4.78 is 26.4. The molecule has 0 aromatic carbocycles. The first-order chi connectivity index (χ1) is 7.99. The van der Waals surface area contributed by atoms with Gasteiger partial charge in [-0.2, -0.15) is 0 Å². The first-order valence-electron chi connectivity index (χ1n) is 7.16. The van der Waals surface area contributed by atoms with E-state index in [9.17, 15) is 8.78 Å². The van der Waals surface area contributed by atoms with Crippen LogP contribution in [0.15, 0.2) is 0 Å². The molecule has 2 aliphatic carbocycles. The highest BCUT2D eigenvalue weighted by Crippen LogP contribution is 2.43. The Labute approximate surface area is 103 Å². The van der Waals surface area contributed by atoms with Crippen molar-refractivity contribution in [3.8, 4) is 0 Å². The van der Waals surface area contributed by atoms with Gasteiger partial charge in [0.2, 0.25) is 5.92 Å². The summed E-state index contributed by atoms with van der Waals surface area (Å²) in [6.07, 6.45) is 9.93. The van der Waals surface area contributed by atoms with E-state index in [1.165, 1.54) is 32.1 Å². The second kappa shape index (κ2) is 5.21. The Bertz CT molecular complexity index is 245. The number of nitrogens with two attached hydrogens (primary N) is 1. The van der Waals surface area contributed by atoms with E-state index in [4.69, 9.17) is 5.73 Å². The van der Waals surface area contributed by atoms with Crippen LogP contribution in [0.1, 0.15) is 70.6 Å². The number of hydrogen-bond donors (Lipinski definition) is 1. The number of halogens is 2. The molecule has 100 valence electrons. The molecule has 3 heteroatoms. The quantitative estimate of drug-likeness (QED) is 0.773. The molecular weight excluding hydrogens is 220 g/mol. The van der Waals surface area contributed by atoms with Gasteiger partial charge in [0.25, 0.3) is 0 Å². The molecule has 17 heavy (non-hydrogen) atoms. The zero-order chi connectivity index (χ0) is 12.4. The molecule has 2 fully saturated rings. The van der Waals surface area contributed by atoms with Crippen LogP contribution in [0.2, 0.25) is 0 Å². The molecule has 0 spiro atoms. The summed E-state index contributed by atoms with van der Waals surface area (Å²) in [5.41, 5.74) is 6.30. The highest BCUT2D eigenvalue weighted by atomic mass is 19.3. The van der Waals surface area contributed by atoms with Crippen molar-refractivity contribution in [2.24, 2.45) is 11.7 Å². The van der Waals surface area contributed by atoms with Crippen LogP contribution in [-0.2, 0) is 0 Å². The zero-order valence-corrected chi connectivity index (χ0v) is 10.7. The molecule has 1 nitrogen and oxygen atoms in total. The number of alkyl halides is 2. The molecule has 0 bridgehead atoms.